The van der Waals surface area contributed by atoms with Gasteiger partial charge >= 0.3 is 18.2 Å². The number of unbranched alkanes of at least 4 members (excludes halogenated alkanes) is 1. The number of urea groups is 2. The molecule has 3 rings (SSSR count). The molecule has 33 heavy (non-hydrogen) atoms. The number of carbonyl (C=O) groups is 2. The fraction of sp³-hybridized carbons (Fsp3) is 0.391. The van der Waals surface area contributed by atoms with Crippen LogP contribution in [0.2, 0.25) is 0 Å². The van der Waals surface area contributed by atoms with Gasteiger partial charge < -0.3 is 25.8 Å². The smallest absolute Gasteiger partial charge is 0.368 e. The molecule has 0 aromatic heterocycles. The highest BCUT2D eigenvalue weighted by molar-refractivity contribution is 5.99. The topological polar surface area (TPSA) is 76.7 Å². The first-order valence-corrected chi connectivity index (χ1v) is 10.9. The van der Waals surface area contributed by atoms with Crippen molar-refractivity contribution in [3.05, 3.63) is 54.1 Å². The van der Waals surface area contributed by atoms with Gasteiger partial charge in [-0.05, 0) is 55.0 Å². The summed E-state index contributed by atoms with van der Waals surface area (Å²) in [7, 11) is 0. The lowest BCUT2D eigenvalue weighted by Gasteiger charge is -2.36. The van der Waals surface area contributed by atoms with E-state index in [1.54, 1.807) is 12.1 Å². The van der Waals surface area contributed by atoms with Crippen LogP contribution in [0, 0.1) is 0 Å². The summed E-state index contributed by atoms with van der Waals surface area (Å²) < 4.78 is 37.9. The summed E-state index contributed by atoms with van der Waals surface area (Å²) in [5, 5.41) is 8.10. The molecule has 178 valence electrons. The van der Waals surface area contributed by atoms with Crippen molar-refractivity contribution in [1.82, 2.24) is 10.2 Å². The lowest BCUT2D eigenvalue weighted by atomic mass is 10.2. The number of hydrogen-bond acceptors (Lipinski definition) is 3. The minimum Gasteiger partial charge on any atom is -0.368 e. The Morgan fingerprint density at radius 3 is 1.94 bits per heavy atom. The van der Waals surface area contributed by atoms with Gasteiger partial charge in [-0.25, -0.2) is 9.59 Å². The largest absolute Gasteiger partial charge is 0.416 e. The number of nitrogens with zero attached hydrogens (tertiary/aromatic N) is 2. The molecule has 1 saturated heterocycles. The maximum absolute atomic E-state index is 12.6. The molecule has 2 aromatic rings. The van der Waals surface area contributed by atoms with Crippen molar-refractivity contribution in [2.75, 3.05) is 48.3 Å². The minimum atomic E-state index is -4.42. The molecule has 0 spiro atoms. The van der Waals surface area contributed by atoms with Crippen molar-refractivity contribution < 1.29 is 22.8 Å². The Balaban J connectivity index is 1.46. The van der Waals surface area contributed by atoms with E-state index in [9.17, 15) is 22.8 Å². The zero-order chi connectivity index (χ0) is 23.8. The molecule has 4 amide bonds. The number of carbonyl (C=O) groups excluding carboxylic acids is 2. The van der Waals surface area contributed by atoms with Crippen LogP contribution in [0.5, 0.6) is 0 Å². The summed E-state index contributed by atoms with van der Waals surface area (Å²) in [5.74, 6) is 0. The molecule has 1 fully saturated rings. The summed E-state index contributed by atoms with van der Waals surface area (Å²) in [6.07, 6.45) is -2.42. The number of piperazine rings is 1. The van der Waals surface area contributed by atoms with E-state index >= 15 is 0 Å². The van der Waals surface area contributed by atoms with E-state index in [1.807, 2.05) is 17.0 Å². The lowest BCUT2D eigenvalue weighted by molar-refractivity contribution is -0.137. The average Bonchev–Trinajstić information content (AvgIpc) is 2.79. The fourth-order valence-corrected chi connectivity index (χ4v) is 3.44. The van der Waals surface area contributed by atoms with Gasteiger partial charge in [-0.1, -0.05) is 13.3 Å². The second-order valence-corrected chi connectivity index (χ2v) is 7.76. The molecule has 10 heteroatoms. The number of halogens is 3. The molecular weight excluding hydrogens is 435 g/mol. The van der Waals surface area contributed by atoms with E-state index in [1.165, 1.54) is 12.1 Å². The third-order valence-electron chi connectivity index (χ3n) is 5.33. The van der Waals surface area contributed by atoms with Crippen molar-refractivity contribution in [1.29, 1.82) is 0 Å². The summed E-state index contributed by atoms with van der Waals surface area (Å²) >= 11 is 0. The van der Waals surface area contributed by atoms with Crippen LogP contribution in [0.3, 0.4) is 0 Å². The first kappa shape index (κ1) is 24.2. The average molecular weight is 464 g/mol. The fourth-order valence-electron chi connectivity index (χ4n) is 3.44. The highest BCUT2D eigenvalue weighted by Crippen LogP contribution is 2.29. The Bertz CT molecular complexity index is 925. The second kappa shape index (κ2) is 10.9. The number of amides is 4. The Morgan fingerprint density at radius 1 is 0.879 bits per heavy atom. The standard InChI is InChI=1S/C23H28F3N5O2/c1-2-3-12-27-22(33)31-15-13-30(14-16-31)20-10-8-19(9-11-20)29-21(32)28-18-6-4-17(5-7-18)23(24,25)26/h4-11H,2-3,12-16H2,1H3,(H,27,33)(H2,28,29,32). The van der Waals surface area contributed by atoms with Crippen LogP contribution >= 0.6 is 0 Å². The van der Waals surface area contributed by atoms with Crippen LogP contribution < -0.4 is 20.9 Å². The lowest BCUT2D eigenvalue weighted by Crippen LogP contribution is -2.52. The van der Waals surface area contributed by atoms with Crippen molar-refractivity contribution in [3.63, 3.8) is 0 Å². The van der Waals surface area contributed by atoms with Gasteiger partial charge in [-0.2, -0.15) is 13.2 Å². The monoisotopic (exact) mass is 463 g/mol. The summed E-state index contributed by atoms with van der Waals surface area (Å²) in [6.45, 7) is 5.46. The van der Waals surface area contributed by atoms with E-state index in [4.69, 9.17) is 0 Å². The number of benzene rings is 2. The number of alkyl halides is 3. The Morgan fingerprint density at radius 2 is 1.42 bits per heavy atom. The zero-order valence-electron chi connectivity index (χ0n) is 18.4. The molecule has 0 radical (unpaired) electrons. The normalized spacial score (nSPS) is 14.1. The Hall–Kier alpha value is -3.43. The highest BCUT2D eigenvalue weighted by Gasteiger charge is 2.30. The molecule has 0 atom stereocenters. The van der Waals surface area contributed by atoms with Gasteiger partial charge in [0.05, 0.1) is 5.56 Å². The number of hydrogen-bond donors (Lipinski definition) is 3. The van der Waals surface area contributed by atoms with E-state index in [2.05, 4.69) is 27.8 Å². The molecule has 1 aliphatic heterocycles. The molecule has 1 heterocycles. The van der Waals surface area contributed by atoms with E-state index < -0.39 is 17.8 Å². The predicted molar refractivity (Wildman–Crippen MR) is 123 cm³/mol. The van der Waals surface area contributed by atoms with Gasteiger partial charge in [-0.15, -0.1) is 0 Å². The predicted octanol–water partition coefficient (Wildman–Crippen LogP) is 4.98. The van der Waals surface area contributed by atoms with Gasteiger partial charge in [0.1, 0.15) is 0 Å². The van der Waals surface area contributed by atoms with Crippen LogP contribution in [0.4, 0.5) is 39.8 Å². The van der Waals surface area contributed by atoms with Crippen LogP contribution in [0.1, 0.15) is 25.3 Å². The first-order chi connectivity index (χ1) is 15.8. The summed E-state index contributed by atoms with van der Waals surface area (Å²) in [4.78, 5) is 28.3. The van der Waals surface area contributed by atoms with Gasteiger partial charge in [-0.3, -0.25) is 0 Å². The van der Waals surface area contributed by atoms with Crippen molar-refractivity contribution >= 4 is 29.1 Å². The third-order valence-corrected chi connectivity index (χ3v) is 5.33. The number of nitrogens with one attached hydrogen (secondary N) is 3. The molecule has 0 bridgehead atoms. The Kier molecular flexibility index (Phi) is 8.02. The first-order valence-electron chi connectivity index (χ1n) is 10.9. The van der Waals surface area contributed by atoms with Crippen molar-refractivity contribution in [2.24, 2.45) is 0 Å². The molecule has 1 aliphatic rings. The molecule has 3 N–H and O–H groups in total. The van der Waals surface area contributed by atoms with Crippen molar-refractivity contribution in [3.8, 4) is 0 Å². The molecule has 0 saturated carbocycles. The second-order valence-electron chi connectivity index (χ2n) is 7.76. The summed E-state index contributed by atoms with van der Waals surface area (Å²) in [6, 6.07) is 10.9. The summed E-state index contributed by atoms with van der Waals surface area (Å²) in [5.41, 5.74) is 1.02. The number of anilines is 3. The molecule has 7 nitrogen and oxygen atoms in total. The minimum absolute atomic E-state index is 0.0262. The van der Waals surface area contributed by atoms with Gasteiger partial charge in [0.15, 0.2) is 0 Å². The van der Waals surface area contributed by atoms with Crippen LogP contribution in [-0.2, 0) is 6.18 Å². The highest BCUT2D eigenvalue weighted by atomic mass is 19.4. The van der Waals surface area contributed by atoms with E-state index in [0.717, 1.165) is 30.7 Å². The van der Waals surface area contributed by atoms with Crippen LogP contribution in [0.25, 0.3) is 0 Å². The van der Waals surface area contributed by atoms with Crippen molar-refractivity contribution in [2.45, 2.75) is 25.9 Å². The van der Waals surface area contributed by atoms with Crippen LogP contribution in [-0.4, -0.2) is 49.7 Å². The van der Waals surface area contributed by atoms with E-state index in [-0.39, 0.29) is 11.7 Å². The maximum atomic E-state index is 12.6. The molecular formula is C23H28F3N5O2. The Labute approximate surface area is 190 Å². The van der Waals surface area contributed by atoms with Gasteiger partial charge in [0.25, 0.3) is 0 Å². The molecule has 2 aromatic carbocycles. The van der Waals surface area contributed by atoms with Gasteiger partial charge in [0.2, 0.25) is 0 Å². The quantitative estimate of drug-likeness (QED) is 0.529. The molecule has 0 aliphatic carbocycles. The van der Waals surface area contributed by atoms with Gasteiger partial charge in [0, 0.05) is 49.8 Å². The maximum Gasteiger partial charge on any atom is 0.416 e. The third kappa shape index (κ3) is 7.03. The van der Waals surface area contributed by atoms with E-state index in [0.29, 0.717) is 38.4 Å². The molecule has 0 unspecified atom stereocenters. The van der Waals surface area contributed by atoms with Crippen LogP contribution in [0.15, 0.2) is 48.5 Å². The zero-order valence-corrected chi connectivity index (χ0v) is 18.4. The SMILES string of the molecule is CCCCNC(=O)N1CCN(c2ccc(NC(=O)Nc3ccc(C(F)(F)F)cc3)cc2)CC1. The number of rotatable bonds is 6.